The number of thiophene rings is 2. The SMILES string of the molecule is CCC1c2ccsc2CCN1c1ncnc2sccc12. The van der Waals surface area contributed by atoms with Crippen molar-refractivity contribution in [3.63, 3.8) is 0 Å². The Balaban J connectivity index is 1.84. The maximum Gasteiger partial charge on any atom is 0.141 e. The fraction of sp³-hybridized carbons (Fsp3) is 0.333. The Morgan fingerprint density at radius 2 is 2.15 bits per heavy atom. The Kier molecular flexibility index (Phi) is 2.97. The summed E-state index contributed by atoms with van der Waals surface area (Å²) in [5.41, 5.74) is 1.49. The van der Waals surface area contributed by atoms with Crippen LogP contribution in [0.4, 0.5) is 5.82 Å². The molecule has 20 heavy (non-hydrogen) atoms. The normalized spacial score (nSPS) is 18.4. The first-order valence-corrected chi connectivity index (χ1v) is 8.65. The fourth-order valence-corrected chi connectivity index (χ4v) is 4.75. The summed E-state index contributed by atoms with van der Waals surface area (Å²) in [7, 11) is 0. The van der Waals surface area contributed by atoms with Crippen molar-refractivity contribution in [2.45, 2.75) is 25.8 Å². The van der Waals surface area contributed by atoms with Crippen molar-refractivity contribution in [2.24, 2.45) is 0 Å². The van der Waals surface area contributed by atoms with E-state index in [4.69, 9.17) is 0 Å². The van der Waals surface area contributed by atoms with E-state index in [-0.39, 0.29) is 0 Å². The van der Waals surface area contributed by atoms with E-state index in [0.717, 1.165) is 30.0 Å². The van der Waals surface area contributed by atoms with Crippen molar-refractivity contribution in [1.29, 1.82) is 0 Å². The molecule has 1 aliphatic rings. The molecule has 0 radical (unpaired) electrons. The number of anilines is 1. The van der Waals surface area contributed by atoms with Crippen LogP contribution in [0.15, 0.2) is 29.2 Å². The summed E-state index contributed by atoms with van der Waals surface area (Å²) in [6, 6.07) is 4.88. The summed E-state index contributed by atoms with van der Waals surface area (Å²) in [5.74, 6) is 1.10. The van der Waals surface area contributed by atoms with Gasteiger partial charge in [0.05, 0.1) is 11.4 Å². The van der Waals surface area contributed by atoms with Crippen molar-refractivity contribution < 1.29 is 0 Å². The second-order valence-electron chi connectivity index (χ2n) is 5.00. The van der Waals surface area contributed by atoms with Gasteiger partial charge in [-0.25, -0.2) is 9.97 Å². The van der Waals surface area contributed by atoms with E-state index in [1.807, 2.05) is 11.3 Å². The molecule has 1 atom stereocenters. The van der Waals surface area contributed by atoms with Gasteiger partial charge in [0.2, 0.25) is 0 Å². The van der Waals surface area contributed by atoms with Gasteiger partial charge in [-0.3, -0.25) is 0 Å². The zero-order valence-corrected chi connectivity index (χ0v) is 12.9. The molecule has 0 spiro atoms. The number of rotatable bonds is 2. The molecule has 5 heteroatoms. The first-order valence-electron chi connectivity index (χ1n) is 6.89. The molecule has 0 aromatic carbocycles. The fourth-order valence-electron chi connectivity index (χ4n) is 3.10. The molecule has 1 unspecified atom stereocenters. The lowest BCUT2D eigenvalue weighted by Gasteiger charge is -2.36. The summed E-state index contributed by atoms with van der Waals surface area (Å²) in [6.45, 7) is 3.31. The van der Waals surface area contributed by atoms with E-state index in [1.54, 1.807) is 22.5 Å². The van der Waals surface area contributed by atoms with Crippen LogP contribution in [0.2, 0.25) is 0 Å². The summed E-state index contributed by atoms with van der Waals surface area (Å²) in [6.07, 6.45) is 3.93. The summed E-state index contributed by atoms with van der Waals surface area (Å²) >= 11 is 3.58. The third-order valence-electron chi connectivity index (χ3n) is 3.99. The molecule has 1 aliphatic heterocycles. The smallest absolute Gasteiger partial charge is 0.141 e. The van der Waals surface area contributed by atoms with Gasteiger partial charge < -0.3 is 4.90 Å². The van der Waals surface area contributed by atoms with Crippen molar-refractivity contribution in [3.8, 4) is 0 Å². The first-order chi connectivity index (χ1) is 9.88. The standard InChI is InChI=1S/C15H15N3S2/c1-2-12-10-4-7-19-13(10)3-6-18(12)14-11-5-8-20-15(11)17-9-16-14/h4-5,7-9,12H,2-3,6H2,1H3. The van der Waals surface area contributed by atoms with E-state index in [0.29, 0.717) is 6.04 Å². The lowest BCUT2D eigenvalue weighted by molar-refractivity contribution is 0.569. The van der Waals surface area contributed by atoms with Gasteiger partial charge in [-0.05, 0) is 41.3 Å². The lowest BCUT2D eigenvalue weighted by atomic mass is 9.97. The van der Waals surface area contributed by atoms with Crippen LogP contribution in [0.3, 0.4) is 0 Å². The molecule has 0 saturated heterocycles. The Morgan fingerprint density at radius 1 is 1.25 bits per heavy atom. The summed E-state index contributed by atoms with van der Waals surface area (Å²) in [5, 5.41) is 5.51. The molecule has 3 aromatic rings. The predicted octanol–water partition coefficient (Wildman–Crippen LogP) is 4.27. The second kappa shape index (κ2) is 4.82. The number of hydrogen-bond donors (Lipinski definition) is 0. The molecule has 4 heterocycles. The van der Waals surface area contributed by atoms with Crippen LogP contribution >= 0.6 is 22.7 Å². The van der Waals surface area contributed by atoms with Crippen LogP contribution in [0, 0.1) is 0 Å². The average molecular weight is 301 g/mol. The molecule has 0 bridgehead atoms. The molecule has 102 valence electrons. The van der Waals surface area contributed by atoms with Crippen molar-refractivity contribution in [3.05, 3.63) is 39.7 Å². The highest BCUT2D eigenvalue weighted by Crippen LogP contribution is 2.39. The number of fused-ring (bicyclic) bond motifs is 2. The van der Waals surface area contributed by atoms with Gasteiger partial charge in [0.15, 0.2) is 0 Å². The quantitative estimate of drug-likeness (QED) is 0.708. The monoisotopic (exact) mass is 301 g/mol. The Labute approximate surface area is 125 Å². The molecule has 3 aromatic heterocycles. The van der Waals surface area contributed by atoms with E-state index in [9.17, 15) is 0 Å². The van der Waals surface area contributed by atoms with Crippen LogP contribution in [0.5, 0.6) is 0 Å². The minimum atomic E-state index is 0.447. The molecule has 0 fully saturated rings. The van der Waals surface area contributed by atoms with Gasteiger partial charge in [0, 0.05) is 11.4 Å². The van der Waals surface area contributed by atoms with Crippen LogP contribution in [-0.4, -0.2) is 16.5 Å². The zero-order chi connectivity index (χ0) is 13.5. The van der Waals surface area contributed by atoms with E-state index < -0.39 is 0 Å². The predicted molar refractivity (Wildman–Crippen MR) is 85.8 cm³/mol. The van der Waals surface area contributed by atoms with E-state index in [2.05, 4.69) is 44.7 Å². The van der Waals surface area contributed by atoms with E-state index in [1.165, 1.54) is 10.9 Å². The number of aromatic nitrogens is 2. The van der Waals surface area contributed by atoms with Gasteiger partial charge in [0.1, 0.15) is 17.0 Å². The Morgan fingerprint density at radius 3 is 3.05 bits per heavy atom. The molecule has 0 saturated carbocycles. The van der Waals surface area contributed by atoms with Gasteiger partial charge in [-0.15, -0.1) is 22.7 Å². The molecule has 3 nitrogen and oxygen atoms in total. The number of nitrogens with zero attached hydrogens (tertiary/aromatic N) is 3. The lowest BCUT2D eigenvalue weighted by Crippen LogP contribution is -2.35. The molecule has 0 aliphatic carbocycles. The average Bonchev–Trinajstić information content (AvgIpc) is 3.13. The maximum absolute atomic E-state index is 4.58. The van der Waals surface area contributed by atoms with Gasteiger partial charge in [-0.2, -0.15) is 0 Å². The third kappa shape index (κ3) is 1.77. The molecular weight excluding hydrogens is 286 g/mol. The van der Waals surface area contributed by atoms with Crippen molar-refractivity contribution in [1.82, 2.24) is 9.97 Å². The molecular formula is C15H15N3S2. The van der Waals surface area contributed by atoms with E-state index >= 15 is 0 Å². The summed E-state index contributed by atoms with van der Waals surface area (Å²) in [4.78, 5) is 14.0. The largest absolute Gasteiger partial charge is 0.349 e. The minimum Gasteiger partial charge on any atom is -0.349 e. The molecule has 0 amide bonds. The van der Waals surface area contributed by atoms with Crippen LogP contribution in [-0.2, 0) is 6.42 Å². The molecule has 0 N–H and O–H groups in total. The van der Waals surface area contributed by atoms with Gasteiger partial charge in [-0.1, -0.05) is 6.92 Å². The topological polar surface area (TPSA) is 29.0 Å². The third-order valence-corrected chi connectivity index (χ3v) is 5.81. The second-order valence-corrected chi connectivity index (χ2v) is 6.90. The molecule has 4 rings (SSSR count). The maximum atomic E-state index is 4.58. The van der Waals surface area contributed by atoms with Gasteiger partial charge in [0.25, 0.3) is 0 Å². The van der Waals surface area contributed by atoms with Crippen LogP contribution < -0.4 is 4.90 Å². The zero-order valence-electron chi connectivity index (χ0n) is 11.2. The summed E-state index contributed by atoms with van der Waals surface area (Å²) < 4.78 is 0. The minimum absolute atomic E-state index is 0.447. The Bertz CT molecular complexity index is 746. The van der Waals surface area contributed by atoms with Crippen LogP contribution in [0.1, 0.15) is 29.8 Å². The van der Waals surface area contributed by atoms with Crippen molar-refractivity contribution in [2.75, 3.05) is 11.4 Å². The van der Waals surface area contributed by atoms with Crippen LogP contribution in [0.25, 0.3) is 10.2 Å². The first kappa shape index (κ1) is 12.3. The highest BCUT2D eigenvalue weighted by molar-refractivity contribution is 7.16. The highest BCUT2D eigenvalue weighted by atomic mass is 32.1. The Hall–Kier alpha value is -1.46. The van der Waals surface area contributed by atoms with Crippen molar-refractivity contribution >= 4 is 38.7 Å². The van der Waals surface area contributed by atoms with Gasteiger partial charge >= 0.3 is 0 Å². The number of hydrogen-bond acceptors (Lipinski definition) is 5. The highest BCUT2D eigenvalue weighted by Gasteiger charge is 2.28.